The van der Waals surface area contributed by atoms with E-state index in [1.807, 2.05) is 24.3 Å². The van der Waals surface area contributed by atoms with Gasteiger partial charge in [-0.1, -0.05) is 24.3 Å². The predicted octanol–water partition coefficient (Wildman–Crippen LogP) is 0.603. The van der Waals surface area contributed by atoms with Gasteiger partial charge in [-0.3, -0.25) is 0 Å². The number of ether oxygens (including phenoxy) is 2. The predicted molar refractivity (Wildman–Crippen MR) is 61.1 cm³/mol. The van der Waals surface area contributed by atoms with Crippen LogP contribution >= 0.6 is 0 Å². The van der Waals surface area contributed by atoms with Crippen LogP contribution in [0.25, 0.3) is 0 Å². The van der Waals surface area contributed by atoms with E-state index in [9.17, 15) is 10.2 Å². The SMILES string of the molecule is OC1CC2C=CC=CC(CC1O)C21OCCO1. The molecule has 0 aromatic carbocycles. The van der Waals surface area contributed by atoms with Crippen LogP contribution in [0.1, 0.15) is 12.8 Å². The van der Waals surface area contributed by atoms with Crippen LogP contribution in [-0.2, 0) is 9.47 Å². The van der Waals surface area contributed by atoms with E-state index in [-0.39, 0.29) is 11.8 Å². The van der Waals surface area contributed by atoms with Crippen molar-refractivity contribution in [1.82, 2.24) is 0 Å². The first-order chi connectivity index (χ1) is 8.22. The molecular weight excluding hydrogens is 220 g/mol. The summed E-state index contributed by atoms with van der Waals surface area (Å²) in [5.74, 6) is -0.684. The third-order valence-corrected chi connectivity index (χ3v) is 4.01. The first kappa shape index (κ1) is 11.4. The van der Waals surface area contributed by atoms with E-state index in [2.05, 4.69) is 0 Å². The van der Waals surface area contributed by atoms with Crippen LogP contribution in [0.4, 0.5) is 0 Å². The lowest BCUT2D eigenvalue weighted by molar-refractivity contribution is -0.210. The molecular formula is C13H18O4. The summed E-state index contributed by atoms with van der Waals surface area (Å²) >= 11 is 0. The molecule has 2 aliphatic carbocycles. The molecule has 2 fully saturated rings. The number of allylic oxidation sites excluding steroid dienone is 2. The van der Waals surface area contributed by atoms with Crippen molar-refractivity contribution in [1.29, 1.82) is 0 Å². The molecule has 4 heteroatoms. The lowest BCUT2D eigenvalue weighted by Gasteiger charge is -2.37. The van der Waals surface area contributed by atoms with Gasteiger partial charge in [0, 0.05) is 11.8 Å². The highest BCUT2D eigenvalue weighted by atomic mass is 16.7. The molecule has 1 saturated carbocycles. The Labute approximate surface area is 101 Å². The minimum absolute atomic E-state index is 0.00264. The summed E-state index contributed by atoms with van der Waals surface area (Å²) in [6.07, 6.45) is 7.54. The number of aliphatic hydroxyl groups excluding tert-OH is 2. The Balaban J connectivity index is 2.00. The standard InChI is InChI=1S/C13H18O4/c14-11-7-9-3-1-2-4-10(8-12(11)15)13(9)16-5-6-17-13/h1-4,9-12,14-15H,5-8H2. The largest absolute Gasteiger partial charge is 0.390 e. The van der Waals surface area contributed by atoms with Crippen LogP contribution in [0.5, 0.6) is 0 Å². The molecule has 0 aromatic heterocycles. The van der Waals surface area contributed by atoms with Crippen LogP contribution in [0, 0.1) is 11.8 Å². The quantitative estimate of drug-likeness (QED) is 0.649. The van der Waals surface area contributed by atoms with Crippen molar-refractivity contribution in [2.45, 2.75) is 30.8 Å². The van der Waals surface area contributed by atoms with Gasteiger partial charge in [-0.05, 0) is 12.8 Å². The lowest BCUT2D eigenvalue weighted by atomic mass is 9.86. The fourth-order valence-corrected chi connectivity index (χ4v) is 3.13. The van der Waals surface area contributed by atoms with Gasteiger partial charge < -0.3 is 19.7 Å². The molecule has 0 radical (unpaired) electrons. The van der Waals surface area contributed by atoms with E-state index in [0.29, 0.717) is 26.1 Å². The maximum atomic E-state index is 9.92. The second-order valence-corrected chi connectivity index (χ2v) is 5.01. The van der Waals surface area contributed by atoms with Gasteiger partial charge in [0.2, 0.25) is 0 Å². The molecule has 1 heterocycles. The van der Waals surface area contributed by atoms with Gasteiger partial charge in [0.25, 0.3) is 0 Å². The summed E-state index contributed by atoms with van der Waals surface area (Å²) in [6, 6.07) is 0. The fraction of sp³-hybridized carbons (Fsp3) is 0.692. The molecule has 4 unspecified atom stereocenters. The zero-order valence-electron chi connectivity index (χ0n) is 9.66. The maximum absolute atomic E-state index is 9.92. The van der Waals surface area contributed by atoms with Crippen LogP contribution < -0.4 is 0 Å². The van der Waals surface area contributed by atoms with Crippen LogP contribution in [0.2, 0.25) is 0 Å². The summed E-state index contributed by atoms with van der Waals surface area (Å²) in [5, 5.41) is 19.8. The highest BCUT2D eigenvalue weighted by Gasteiger charge is 2.52. The highest BCUT2D eigenvalue weighted by Crippen LogP contribution is 2.45. The summed E-state index contributed by atoms with van der Waals surface area (Å²) in [7, 11) is 0. The molecule has 17 heavy (non-hydrogen) atoms. The number of hydrogen-bond donors (Lipinski definition) is 2. The zero-order chi connectivity index (χ0) is 11.9. The Hall–Kier alpha value is -0.680. The smallest absolute Gasteiger partial charge is 0.181 e. The Morgan fingerprint density at radius 2 is 1.35 bits per heavy atom. The molecule has 1 aliphatic heterocycles. The zero-order valence-corrected chi connectivity index (χ0v) is 9.66. The lowest BCUT2D eigenvalue weighted by Crippen LogP contribution is -2.44. The van der Waals surface area contributed by atoms with Gasteiger partial charge in [-0.25, -0.2) is 0 Å². The Morgan fingerprint density at radius 3 is 1.82 bits per heavy atom. The molecule has 0 amide bonds. The molecule has 94 valence electrons. The first-order valence-corrected chi connectivity index (χ1v) is 6.21. The van der Waals surface area contributed by atoms with Crippen LogP contribution in [-0.4, -0.2) is 41.4 Å². The van der Waals surface area contributed by atoms with E-state index in [4.69, 9.17) is 9.47 Å². The van der Waals surface area contributed by atoms with Crippen LogP contribution in [0.15, 0.2) is 24.3 Å². The van der Waals surface area contributed by atoms with Gasteiger partial charge in [0.1, 0.15) is 0 Å². The topological polar surface area (TPSA) is 58.9 Å². The summed E-state index contributed by atoms with van der Waals surface area (Å²) in [5.41, 5.74) is 0. The highest BCUT2D eigenvalue weighted by molar-refractivity contribution is 5.18. The van der Waals surface area contributed by atoms with E-state index in [0.717, 1.165) is 0 Å². The molecule has 1 spiro atoms. The van der Waals surface area contributed by atoms with Crippen molar-refractivity contribution in [3.05, 3.63) is 24.3 Å². The summed E-state index contributed by atoms with van der Waals surface area (Å²) in [4.78, 5) is 0. The molecule has 2 N–H and O–H groups in total. The maximum Gasteiger partial charge on any atom is 0.181 e. The van der Waals surface area contributed by atoms with Crippen molar-refractivity contribution in [2.24, 2.45) is 11.8 Å². The second kappa shape index (κ2) is 4.21. The van der Waals surface area contributed by atoms with Gasteiger partial charge >= 0.3 is 0 Å². The monoisotopic (exact) mass is 238 g/mol. The molecule has 3 rings (SSSR count). The molecule has 3 aliphatic rings. The van der Waals surface area contributed by atoms with Crippen molar-refractivity contribution < 1.29 is 19.7 Å². The minimum Gasteiger partial charge on any atom is -0.390 e. The van der Waals surface area contributed by atoms with E-state index in [1.54, 1.807) is 0 Å². The molecule has 4 nitrogen and oxygen atoms in total. The van der Waals surface area contributed by atoms with E-state index < -0.39 is 18.0 Å². The number of rotatable bonds is 0. The van der Waals surface area contributed by atoms with E-state index >= 15 is 0 Å². The third kappa shape index (κ3) is 1.76. The fourth-order valence-electron chi connectivity index (χ4n) is 3.13. The molecule has 2 bridgehead atoms. The van der Waals surface area contributed by atoms with Crippen LogP contribution in [0.3, 0.4) is 0 Å². The van der Waals surface area contributed by atoms with Gasteiger partial charge in [-0.2, -0.15) is 0 Å². The molecule has 1 saturated heterocycles. The second-order valence-electron chi connectivity index (χ2n) is 5.01. The van der Waals surface area contributed by atoms with Gasteiger partial charge in [0.15, 0.2) is 5.79 Å². The Bertz CT molecular complexity index is 315. The average Bonchev–Trinajstić information content (AvgIpc) is 2.71. The Morgan fingerprint density at radius 1 is 0.882 bits per heavy atom. The first-order valence-electron chi connectivity index (χ1n) is 6.21. The van der Waals surface area contributed by atoms with E-state index in [1.165, 1.54) is 0 Å². The van der Waals surface area contributed by atoms with Gasteiger partial charge in [-0.15, -0.1) is 0 Å². The third-order valence-electron chi connectivity index (χ3n) is 4.01. The van der Waals surface area contributed by atoms with Crippen molar-refractivity contribution in [3.8, 4) is 0 Å². The summed E-state index contributed by atoms with van der Waals surface area (Å²) in [6.45, 7) is 1.17. The average molecular weight is 238 g/mol. The molecule has 0 aromatic rings. The Kier molecular flexibility index (Phi) is 2.83. The minimum atomic E-state index is -0.703. The van der Waals surface area contributed by atoms with Crippen molar-refractivity contribution in [2.75, 3.05) is 13.2 Å². The normalized spacial score (nSPS) is 43.6. The molecule has 4 atom stereocenters. The number of hydrogen-bond acceptors (Lipinski definition) is 4. The van der Waals surface area contributed by atoms with Crippen molar-refractivity contribution >= 4 is 0 Å². The number of aliphatic hydroxyl groups is 2. The van der Waals surface area contributed by atoms with Gasteiger partial charge in [0.05, 0.1) is 25.4 Å². The van der Waals surface area contributed by atoms with Crippen molar-refractivity contribution in [3.63, 3.8) is 0 Å². The summed E-state index contributed by atoms with van der Waals surface area (Å²) < 4.78 is 11.7.